The van der Waals surface area contributed by atoms with Crippen LogP contribution in [0, 0.1) is 0 Å². The second-order valence-electron chi connectivity index (χ2n) is 3.76. The summed E-state index contributed by atoms with van der Waals surface area (Å²) in [6.07, 6.45) is 1.89. The van der Waals surface area contributed by atoms with E-state index in [0.29, 0.717) is 0 Å². The lowest BCUT2D eigenvalue weighted by Crippen LogP contribution is -2.09. The van der Waals surface area contributed by atoms with Gasteiger partial charge in [0.2, 0.25) is 0 Å². The van der Waals surface area contributed by atoms with Gasteiger partial charge in [0, 0.05) is 26.7 Å². The smallest absolute Gasteiger partial charge is 0.0912 e. The Labute approximate surface area is 90.0 Å². The molecule has 0 aliphatic rings. The summed E-state index contributed by atoms with van der Waals surface area (Å²) in [7, 11) is 6.03. The minimum absolute atomic E-state index is 1.14. The lowest BCUT2D eigenvalue weighted by molar-refractivity contribution is 0.776. The van der Waals surface area contributed by atoms with Crippen molar-refractivity contribution < 1.29 is 0 Å². The first-order chi connectivity index (χ1) is 7.20. The molecule has 2 aromatic rings. The molecular formula is C12H15N3. The highest BCUT2D eigenvalue weighted by Crippen LogP contribution is 2.28. The summed E-state index contributed by atoms with van der Waals surface area (Å²) in [5.74, 6) is 0. The number of rotatable bonds is 2. The van der Waals surface area contributed by atoms with E-state index in [1.807, 2.05) is 50.2 Å². The molecule has 1 aromatic heterocycles. The lowest BCUT2D eigenvalue weighted by atomic mass is 10.1. The highest BCUT2D eigenvalue weighted by atomic mass is 15.3. The molecule has 0 bridgehead atoms. The van der Waals surface area contributed by atoms with Crippen LogP contribution >= 0.6 is 0 Å². The van der Waals surface area contributed by atoms with Crippen molar-refractivity contribution in [3.63, 3.8) is 0 Å². The van der Waals surface area contributed by atoms with Gasteiger partial charge in [0.15, 0.2) is 0 Å². The predicted molar refractivity (Wildman–Crippen MR) is 63.0 cm³/mol. The number of nitrogens with zero attached hydrogens (tertiary/aromatic N) is 3. The van der Waals surface area contributed by atoms with Gasteiger partial charge in [-0.05, 0) is 0 Å². The van der Waals surface area contributed by atoms with Crippen LogP contribution in [0.1, 0.15) is 0 Å². The Morgan fingerprint density at radius 2 is 1.80 bits per heavy atom. The van der Waals surface area contributed by atoms with E-state index in [9.17, 15) is 0 Å². The predicted octanol–water partition coefficient (Wildman–Crippen LogP) is 2.15. The molecule has 3 nitrogen and oxygen atoms in total. The van der Waals surface area contributed by atoms with Gasteiger partial charge in [0.25, 0.3) is 0 Å². The summed E-state index contributed by atoms with van der Waals surface area (Å²) in [5.41, 5.74) is 3.49. The molecule has 0 saturated carbocycles. The van der Waals surface area contributed by atoms with E-state index >= 15 is 0 Å². The number of benzene rings is 1. The molecule has 0 unspecified atom stereocenters. The summed E-state index contributed by atoms with van der Waals surface area (Å²) in [6.45, 7) is 0. The van der Waals surface area contributed by atoms with Gasteiger partial charge in [0.05, 0.1) is 17.6 Å². The summed E-state index contributed by atoms with van der Waals surface area (Å²) in [4.78, 5) is 2.08. The number of hydrogen-bond acceptors (Lipinski definition) is 2. The van der Waals surface area contributed by atoms with Crippen LogP contribution in [0.25, 0.3) is 11.3 Å². The first kappa shape index (κ1) is 9.77. The van der Waals surface area contributed by atoms with Crippen molar-refractivity contribution >= 4 is 5.69 Å². The molecule has 0 fully saturated rings. The maximum Gasteiger partial charge on any atom is 0.0912 e. The zero-order chi connectivity index (χ0) is 10.8. The third-order valence-corrected chi connectivity index (χ3v) is 2.45. The molecule has 0 saturated heterocycles. The third-order valence-electron chi connectivity index (χ3n) is 2.45. The molecule has 2 rings (SSSR count). The Morgan fingerprint density at radius 1 is 1.13 bits per heavy atom. The molecule has 0 aliphatic carbocycles. The van der Waals surface area contributed by atoms with Gasteiger partial charge >= 0.3 is 0 Å². The van der Waals surface area contributed by atoms with Gasteiger partial charge in [-0.3, -0.25) is 4.68 Å². The molecule has 0 aliphatic heterocycles. The second kappa shape index (κ2) is 3.77. The molecule has 1 aromatic carbocycles. The fraction of sp³-hybridized carbons (Fsp3) is 0.250. The summed E-state index contributed by atoms with van der Waals surface area (Å²) < 4.78 is 1.91. The Bertz CT molecular complexity index is 443. The molecule has 0 N–H and O–H groups in total. The molecule has 0 atom stereocenters. The van der Waals surface area contributed by atoms with Gasteiger partial charge in [-0.25, -0.2) is 0 Å². The van der Waals surface area contributed by atoms with Gasteiger partial charge in [-0.15, -0.1) is 0 Å². The number of aromatic nitrogens is 2. The SMILES string of the molecule is CN(C)c1cnn(C)c1-c1ccccc1. The van der Waals surface area contributed by atoms with E-state index in [2.05, 4.69) is 22.1 Å². The Morgan fingerprint density at radius 3 is 2.40 bits per heavy atom. The average molecular weight is 201 g/mol. The van der Waals surface area contributed by atoms with E-state index in [4.69, 9.17) is 0 Å². The van der Waals surface area contributed by atoms with E-state index in [1.54, 1.807) is 0 Å². The second-order valence-corrected chi connectivity index (χ2v) is 3.76. The van der Waals surface area contributed by atoms with E-state index in [-0.39, 0.29) is 0 Å². The molecule has 0 amide bonds. The molecule has 0 radical (unpaired) electrons. The Balaban J connectivity index is 2.57. The highest BCUT2D eigenvalue weighted by molar-refractivity contribution is 5.74. The van der Waals surface area contributed by atoms with Gasteiger partial charge in [-0.1, -0.05) is 30.3 Å². The van der Waals surface area contributed by atoms with Crippen LogP contribution in [-0.2, 0) is 7.05 Å². The van der Waals surface area contributed by atoms with E-state index in [0.717, 1.165) is 11.4 Å². The van der Waals surface area contributed by atoms with Crippen molar-refractivity contribution in [2.75, 3.05) is 19.0 Å². The van der Waals surface area contributed by atoms with Crippen LogP contribution in [0.4, 0.5) is 5.69 Å². The van der Waals surface area contributed by atoms with Crippen LogP contribution in [0.15, 0.2) is 36.5 Å². The van der Waals surface area contributed by atoms with Crippen LogP contribution < -0.4 is 4.90 Å². The summed E-state index contributed by atoms with van der Waals surface area (Å²) in [5, 5.41) is 4.29. The van der Waals surface area contributed by atoms with Crippen molar-refractivity contribution in [3.8, 4) is 11.3 Å². The largest absolute Gasteiger partial charge is 0.375 e. The fourth-order valence-electron chi connectivity index (χ4n) is 1.68. The Hall–Kier alpha value is -1.77. The van der Waals surface area contributed by atoms with Gasteiger partial charge in [0.1, 0.15) is 0 Å². The van der Waals surface area contributed by atoms with Crippen molar-refractivity contribution in [3.05, 3.63) is 36.5 Å². The zero-order valence-electron chi connectivity index (χ0n) is 9.31. The van der Waals surface area contributed by atoms with Crippen LogP contribution in [0.5, 0.6) is 0 Å². The summed E-state index contributed by atoms with van der Waals surface area (Å²) >= 11 is 0. The third kappa shape index (κ3) is 1.73. The standard InChI is InChI=1S/C12H15N3/c1-14(2)11-9-13-15(3)12(11)10-7-5-4-6-8-10/h4-9H,1-3H3. The minimum Gasteiger partial charge on any atom is -0.375 e. The van der Waals surface area contributed by atoms with Crippen LogP contribution in [-0.4, -0.2) is 23.9 Å². The maximum atomic E-state index is 4.29. The number of hydrogen-bond donors (Lipinski definition) is 0. The number of anilines is 1. The Kier molecular flexibility index (Phi) is 2.46. The van der Waals surface area contributed by atoms with Crippen LogP contribution in [0.3, 0.4) is 0 Å². The molecule has 15 heavy (non-hydrogen) atoms. The first-order valence-corrected chi connectivity index (χ1v) is 4.95. The molecular weight excluding hydrogens is 186 g/mol. The van der Waals surface area contributed by atoms with E-state index in [1.165, 1.54) is 5.56 Å². The number of aryl methyl sites for hydroxylation is 1. The first-order valence-electron chi connectivity index (χ1n) is 4.95. The molecule has 1 heterocycles. The van der Waals surface area contributed by atoms with E-state index < -0.39 is 0 Å². The van der Waals surface area contributed by atoms with Crippen molar-refractivity contribution in [1.82, 2.24) is 9.78 Å². The normalized spacial score (nSPS) is 10.3. The zero-order valence-corrected chi connectivity index (χ0v) is 9.31. The molecule has 78 valence electrons. The van der Waals surface area contributed by atoms with Crippen molar-refractivity contribution in [2.45, 2.75) is 0 Å². The van der Waals surface area contributed by atoms with Crippen molar-refractivity contribution in [1.29, 1.82) is 0 Å². The van der Waals surface area contributed by atoms with Crippen molar-refractivity contribution in [2.24, 2.45) is 7.05 Å². The fourth-order valence-corrected chi connectivity index (χ4v) is 1.68. The summed E-state index contributed by atoms with van der Waals surface area (Å²) in [6, 6.07) is 10.3. The lowest BCUT2D eigenvalue weighted by Gasteiger charge is -2.13. The minimum atomic E-state index is 1.14. The quantitative estimate of drug-likeness (QED) is 0.742. The van der Waals surface area contributed by atoms with Crippen LogP contribution in [0.2, 0.25) is 0 Å². The maximum absolute atomic E-state index is 4.29. The highest BCUT2D eigenvalue weighted by Gasteiger charge is 2.11. The monoisotopic (exact) mass is 201 g/mol. The van der Waals surface area contributed by atoms with Gasteiger partial charge in [-0.2, -0.15) is 5.10 Å². The average Bonchev–Trinajstić information content (AvgIpc) is 2.61. The topological polar surface area (TPSA) is 21.1 Å². The molecule has 3 heteroatoms. The van der Waals surface area contributed by atoms with Gasteiger partial charge < -0.3 is 4.90 Å². The molecule has 0 spiro atoms.